The lowest BCUT2D eigenvalue weighted by Crippen LogP contribution is -2.38. The van der Waals surface area contributed by atoms with Crippen LogP contribution in [-0.4, -0.2) is 23.0 Å². The molecular weight excluding hydrogens is 170 g/mol. The van der Waals surface area contributed by atoms with Crippen molar-refractivity contribution in [1.82, 2.24) is 4.90 Å². The van der Waals surface area contributed by atoms with E-state index in [1.165, 1.54) is 51.4 Å². The Kier molecular flexibility index (Phi) is 3.48. The molecule has 0 aromatic rings. The van der Waals surface area contributed by atoms with Crippen molar-refractivity contribution < 1.29 is 0 Å². The highest BCUT2D eigenvalue weighted by Crippen LogP contribution is 2.40. The highest BCUT2D eigenvalue weighted by molar-refractivity contribution is 4.97. The highest BCUT2D eigenvalue weighted by atomic mass is 15.3. The molecule has 0 aromatic carbocycles. The van der Waals surface area contributed by atoms with Gasteiger partial charge in [0.1, 0.15) is 0 Å². The Bertz CT molecular complexity index is 152. The van der Waals surface area contributed by atoms with Crippen LogP contribution in [0.15, 0.2) is 0 Å². The second-order valence-electron chi connectivity index (χ2n) is 5.14. The number of hydrogen-bond acceptors (Lipinski definition) is 1. The average molecular weight is 195 g/mol. The minimum Gasteiger partial charge on any atom is -0.294 e. The SMILES string of the molecule is CCCC(CCC)N1C2CCC1CC2. The van der Waals surface area contributed by atoms with E-state index in [0.717, 1.165) is 18.1 Å². The Morgan fingerprint density at radius 1 is 0.929 bits per heavy atom. The zero-order chi connectivity index (χ0) is 9.97. The van der Waals surface area contributed by atoms with Gasteiger partial charge in [-0.15, -0.1) is 0 Å². The minimum absolute atomic E-state index is 0.921. The van der Waals surface area contributed by atoms with E-state index in [1.807, 2.05) is 0 Å². The Morgan fingerprint density at radius 3 is 1.71 bits per heavy atom. The summed E-state index contributed by atoms with van der Waals surface area (Å²) < 4.78 is 0. The molecule has 0 radical (unpaired) electrons. The van der Waals surface area contributed by atoms with Crippen LogP contribution in [0, 0.1) is 0 Å². The molecular formula is C13H25N. The fraction of sp³-hybridized carbons (Fsp3) is 1.00. The average Bonchev–Trinajstić information content (AvgIpc) is 2.76. The van der Waals surface area contributed by atoms with Crippen LogP contribution in [0.4, 0.5) is 0 Å². The Labute approximate surface area is 88.9 Å². The zero-order valence-electron chi connectivity index (χ0n) is 9.84. The Balaban J connectivity index is 1.96. The van der Waals surface area contributed by atoms with Gasteiger partial charge in [-0.05, 0) is 38.5 Å². The van der Waals surface area contributed by atoms with E-state index in [2.05, 4.69) is 18.7 Å². The van der Waals surface area contributed by atoms with E-state index >= 15 is 0 Å². The predicted octanol–water partition coefficient (Wildman–Crippen LogP) is 3.58. The lowest BCUT2D eigenvalue weighted by Gasteiger charge is -2.31. The number of hydrogen-bond donors (Lipinski definition) is 0. The Morgan fingerprint density at radius 2 is 1.36 bits per heavy atom. The van der Waals surface area contributed by atoms with Gasteiger partial charge in [-0.25, -0.2) is 0 Å². The molecule has 2 aliphatic heterocycles. The van der Waals surface area contributed by atoms with E-state index in [-0.39, 0.29) is 0 Å². The summed E-state index contributed by atoms with van der Waals surface area (Å²) >= 11 is 0. The number of fused-ring (bicyclic) bond motifs is 2. The maximum atomic E-state index is 2.90. The molecule has 0 spiro atoms. The molecule has 82 valence electrons. The van der Waals surface area contributed by atoms with E-state index < -0.39 is 0 Å². The molecule has 2 saturated heterocycles. The second-order valence-corrected chi connectivity index (χ2v) is 5.14. The summed E-state index contributed by atoms with van der Waals surface area (Å²) in [6.45, 7) is 4.67. The van der Waals surface area contributed by atoms with Crippen molar-refractivity contribution in [3.05, 3.63) is 0 Å². The van der Waals surface area contributed by atoms with Crippen LogP contribution < -0.4 is 0 Å². The first-order valence-corrected chi connectivity index (χ1v) is 6.64. The van der Waals surface area contributed by atoms with Crippen molar-refractivity contribution in [2.45, 2.75) is 83.3 Å². The maximum absolute atomic E-state index is 2.90. The summed E-state index contributed by atoms with van der Waals surface area (Å²) in [5.41, 5.74) is 0. The standard InChI is InChI=1S/C13H25N/c1-3-5-11(6-4-2)14-12-7-8-13(14)10-9-12/h11-13H,3-10H2,1-2H3. The fourth-order valence-electron chi connectivity index (χ4n) is 3.66. The van der Waals surface area contributed by atoms with Crippen LogP contribution in [0.5, 0.6) is 0 Å². The molecule has 2 rings (SSSR count). The smallest absolute Gasteiger partial charge is 0.0102 e. The third-order valence-electron chi connectivity index (χ3n) is 4.17. The first-order valence-electron chi connectivity index (χ1n) is 6.64. The summed E-state index contributed by atoms with van der Waals surface area (Å²) in [6, 6.07) is 2.87. The monoisotopic (exact) mass is 195 g/mol. The molecule has 0 atom stereocenters. The van der Waals surface area contributed by atoms with Gasteiger partial charge in [0.15, 0.2) is 0 Å². The van der Waals surface area contributed by atoms with E-state index in [9.17, 15) is 0 Å². The molecule has 2 bridgehead atoms. The van der Waals surface area contributed by atoms with Crippen LogP contribution in [0.2, 0.25) is 0 Å². The summed E-state index contributed by atoms with van der Waals surface area (Å²) in [4.78, 5) is 2.90. The van der Waals surface area contributed by atoms with Gasteiger partial charge in [0, 0.05) is 18.1 Å². The second kappa shape index (κ2) is 4.65. The number of rotatable bonds is 5. The first-order chi connectivity index (χ1) is 6.86. The molecule has 0 aliphatic carbocycles. The molecule has 0 saturated carbocycles. The third kappa shape index (κ3) is 1.84. The topological polar surface area (TPSA) is 3.24 Å². The van der Waals surface area contributed by atoms with Crippen LogP contribution in [-0.2, 0) is 0 Å². The Hall–Kier alpha value is -0.0400. The van der Waals surface area contributed by atoms with Gasteiger partial charge in [0.2, 0.25) is 0 Å². The van der Waals surface area contributed by atoms with Crippen molar-refractivity contribution in [3.8, 4) is 0 Å². The number of nitrogens with zero attached hydrogens (tertiary/aromatic N) is 1. The van der Waals surface area contributed by atoms with E-state index in [4.69, 9.17) is 0 Å². The van der Waals surface area contributed by atoms with Crippen LogP contribution in [0.3, 0.4) is 0 Å². The van der Waals surface area contributed by atoms with Crippen LogP contribution in [0.1, 0.15) is 65.2 Å². The highest BCUT2D eigenvalue weighted by Gasteiger charge is 2.41. The van der Waals surface area contributed by atoms with E-state index in [0.29, 0.717) is 0 Å². The first kappa shape index (κ1) is 10.5. The molecule has 0 unspecified atom stereocenters. The van der Waals surface area contributed by atoms with Crippen molar-refractivity contribution in [2.75, 3.05) is 0 Å². The van der Waals surface area contributed by atoms with Gasteiger partial charge in [0.05, 0.1) is 0 Å². The van der Waals surface area contributed by atoms with E-state index in [1.54, 1.807) is 0 Å². The quantitative estimate of drug-likeness (QED) is 0.648. The molecule has 0 amide bonds. The van der Waals surface area contributed by atoms with Crippen LogP contribution in [0.25, 0.3) is 0 Å². The summed E-state index contributed by atoms with van der Waals surface area (Å²) in [6.07, 6.45) is 11.6. The molecule has 0 N–H and O–H groups in total. The molecule has 0 aromatic heterocycles. The van der Waals surface area contributed by atoms with Crippen molar-refractivity contribution in [2.24, 2.45) is 0 Å². The van der Waals surface area contributed by atoms with Gasteiger partial charge in [-0.3, -0.25) is 4.90 Å². The zero-order valence-corrected chi connectivity index (χ0v) is 9.84. The molecule has 1 heteroatoms. The normalized spacial score (nSPS) is 31.9. The molecule has 2 fully saturated rings. The van der Waals surface area contributed by atoms with Crippen LogP contribution >= 0.6 is 0 Å². The summed E-state index contributed by atoms with van der Waals surface area (Å²) in [5, 5.41) is 0. The van der Waals surface area contributed by atoms with Gasteiger partial charge in [0.25, 0.3) is 0 Å². The van der Waals surface area contributed by atoms with Gasteiger partial charge < -0.3 is 0 Å². The third-order valence-corrected chi connectivity index (χ3v) is 4.17. The largest absolute Gasteiger partial charge is 0.294 e. The molecule has 2 aliphatic rings. The maximum Gasteiger partial charge on any atom is 0.0102 e. The predicted molar refractivity (Wildman–Crippen MR) is 61.5 cm³/mol. The van der Waals surface area contributed by atoms with Crippen molar-refractivity contribution in [1.29, 1.82) is 0 Å². The fourth-order valence-corrected chi connectivity index (χ4v) is 3.66. The molecule has 14 heavy (non-hydrogen) atoms. The molecule has 1 nitrogen and oxygen atoms in total. The summed E-state index contributed by atoms with van der Waals surface area (Å²) in [5.74, 6) is 0. The lowest BCUT2D eigenvalue weighted by atomic mass is 10.0. The van der Waals surface area contributed by atoms with Crippen molar-refractivity contribution >= 4 is 0 Å². The minimum atomic E-state index is 0.921. The summed E-state index contributed by atoms with van der Waals surface area (Å²) in [7, 11) is 0. The van der Waals surface area contributed by atoms with Gasteiger partial charge in [-0.1, -0.05) is 26.7 Å². The van der Waals surface area contributed by atoms with Gasteiger partial charge in [-0.2, -0.15) is 0 Å². The van der Waals surface area contributed by atoms with Crippen molar-refractivity contribution in [3.63, 3.8) is 0 Å². The lowest BCUT2D eigenvalue weighted by molar-refractivity contribution is 0.156. The molecule has 2 heterocycles. The van der Waals surface area contributed by atoms with Gasteiger partial charge >= 0.3 is 0 Å².